The minimum Gasteiger partial charge on any atom is -0.493 e. The molecule has 7 nitrogen and oxygen atoms in total. The summed E-state index contributed by atoms with van der Waals surface area (Å²) in [5.41, 5.74) is 2.73. The minimum atomic E-state index is -0.268. The molecule has 162 valence electrons. The Morgan fingerprint density at radius 3 is 2.19 bits per heavy atom. The lowest BCUT2D eigenvalue weighted by Crippen LogP contribution is -2.12. The molecule has 0 fully saturated rings. The van der Waals surface area contributed by atoms with Crippen LogP contribution in [-0.2, 0) is 6.42 Å². The van der Waals surface area contributed by atoms with Crippen molar-refractivity contribution in [1.82, 2.24) is 9.97 Å². The van der Waals surface area contributed by atoms with Crippen LogP contribution in [-0.4, -0.2) is 44.2 Å². The number of ketones is 1. The van der Waals surface area contributed by atoms with Gasteiger partial charge in [-0.3, -0.25) is 4.79 Å². The zero-order valence-electron chi connectivity index (χ0n) is 18.3. The summed E-state index contributed by atoms with van der Waals surface area (Å²) in [4.78, 5) is 21.8. The van der Waals surface area contributed by atoms with Gasteiger partial charge in [0.2, 0.25) is 5.88 Å². The molecule has 0 saturated heterocycles. The van der Waals surface area contributed by atoms with Crippen molar-refractivity contribution in [1.29, 1.82) is 0 Å². The van der Waals surface area contributed by atoms with Crippen LogP contribution in [0.5, 0.6) is 23.4 Å². The predicted octanol–water partition coefficient (Wildman–Crippen LogP) is 4.09. The molecule has 0 spiro atoms. The van der Waals surface area contributed by atoms with Crippen LogP contribution in [0.3, 0.4) is 0 Å². The number of methoxy groups -OCH3 is 4. The Hall–Kier alpha value is -3.61. The lowest BCUT2D eigenvalue weighted by molar-refractivity contribution is 0.103. The molecule has 0 aliphatic heterocycles. The second kappa shape index (κ2) is 9.93. The van der Waals surface area contributed by atoms with Gasteiger partial charge >= 0.3 is 6.01 Å². The Kier molecular flexibility index (Phi) is 7.07. The molecule has 2 aromatic carbocycles. The normalized spacial score (nSPS) is 11.5. The van der Waals surface area contributed by atoms with E-state index in [1.54, 1.807) is 13.2 Å². The number of carbonyl (C=O) groups is 1. The monoisotopic (exact) mass is 422 g/mol. The van der Waals surface area contributed by atoms with Crippen molar-refractivity contribution in [3.63, 3.8) is 0 Å². The van der Waals surface area contributed by atoms with E-state index in [0.717, 1.165) is 5.56 Å². The van der Waals surface area contributed by atoms with E-state index < -0.39 is 0 Å². The van der Waals surface area contributed by atoms with Gasteiger partial charge in [0.1, 0.15) is 5.56 Å². The highest BCUT2D eigenvalue weighted by Gasteiger charge is 2.24. The van der Waals surface area contributed by atoms with Crippen molar-refractivity contribution < 1.29 is 23.7 Å². The third-order valence-corrected chi connectivity index (χ3v) is 5.10. The molecule has 0 bridgehead atoms. The minimum absolute atomic E-state index is 0.124. The fourth-order valence-corrected chi connectivity index (χ4v) is 3.44. The average Bonchev–Trinajstić information content (AvgIpc) is 2.83. The molecular weight excluding hydrogens is 396 g/mol. The molecule has 0 saturated carbocycles. The zero-order chi connectivity index (χ0) is 22.4. The van der Waals surface area contributed by atoms with Crippen LogP contribution in [0.25, 0.3) is 0 Å². The average molecular weight is 422 g/mol. The van der Waals surface area contributed by atoms with Crippen molar-refractivity contribution in [2.24, 2.45) is 0 Å². The predicted molar refractivity (Wildman–Crippen MR) is 117 cm³/mol. The fourth-order valence-electron chi connectivity index (χ4n) is 3.44. The molecule has 1 unspecified atom stereocenters. The number of nitrogens with zero attached hydrogens (tertiary/aromatic N) is 2. The van der Waals surface area contributed by atoms with Gasteiger partial charge in [0.15, 0.2) is 17.3 Å². The van der Waals surface area contributed by atoms with Crippen LogP contribution >= 0.6 is 0 Å². The van der Waals surface area contributed by atoms with Crippen molar-refractivity contribution >= 4 is 5.78 Å². The molecule has 0 N–H and O–H groups in total. The lowest BCUT2D eigenvalue weighted by Gasteiger charge is -2.18. The Labute approximate surface area is 182 Å². The number of hydrogen-bond acceptors (Lipinski definition) is 7. The summed E-state index contributed by atoms with van der Waals surface area (Å²) in [5.74, 6) is 1.09. The van der Waals surface area contributed by atoms with E-state index in [4.69, 9.17) is 18.9 Å². The molecule has 0 aliphatic rings. The van der Waals surface area contributed by atoms with Crippen LogP contribution in [0, 0.1) is 0 Å². The van der Waals surface area contributed by atoms with E-state index in [2.05, 4.69) is 29.0 Å². The number of carbonyl (C=O) groups excluding carboxylic acids is 1. The Balaban J connectivity index is 2.08. The molecule has 0 radical (unpaired) electrons. The third-order valence-electron chi connectivity index (χ3n) is 5.10. The molecule has 1 aromatic heterocycles. The summed E-state index contributed by atoms with van der Waals surface area (Å²) in [7, 11) is 6.01. The van der Waals surface area contributed by atoms with Crippen LogP contribution in [0.1, 0.15) is 39.9 Å². The zero-order valence-corrected chi connectivity index (χ0v) is 18.3. The summed E-state index contributed by atoms with van der Waals surface area (Å²) in [5, 5.41) is 0. The summed E-state index contributed by atoms with van der Waals surface area (Å²) < 4.78 is 21.3. The van der Waals surface area contributed by atoms with Crippen LogP contribution in [0.4, 0.5) is 0 Å². The maximum atomic E-state index is 13.5. The van der Waals surface area contributed by atoms with Gasteiger partial charge in [-0.25, -0.2) is 4.98 Å². The van der Waals surface area contributed by atoms with E-state index in [-0.39, 0.29) is 29.2 Å². The topological polar surface area (TPSA) is 79.8 Å². The van der Waals surface area contributed by atoms with Gasteiger partial charge in [-0.15, -0.1) is 0 Å². The molecule has 7 heteroatoms. The Bertz CT molecular complexity index is 1050. The first-order chi connectivity index (χ1) is 15.0. The highest BCUT2D eigenvalue weighted by atomic mass is 16.5. The lowest BCUT2D eigenvalue weighted by atomic mass is 9.89. The van der Waals surface area contributed by atoms with Gasteiger partial charge in [-0.1, -0.05) is 37.3 Å². The standard InChI is InChI=1S/C24H26N2O5/c1-15(16-9-7-6-8-10-16)11-17-12-20(28-2)21(29-3)13-18(17)22(27)19-14-25-24(31-5)26-23(19)30-4/h6-10,12-15H,11H2,1-5H3. The quantitative estimate of drug-likeness (QED) is 0.481. The maximum Gasteiger partial charge on any atom is 0.319 e. The highest BCUT2D eigenvalue weighted by molar-refractivity contribution is 6.11. The molecule has 0 amide bonds. The molecule has 3 aromatic rings. The first-order valence-corrected chi connectivity index (χ1v) is 9.81. The van der Waals surface area contributed by atoms with Crippen molar-refractivity contribution in [2.45, 2.75) is 19.3 Å². The Morgan fingerprint density at radius 1 is 0.903 bits per heavy atom. The van der Waals surface area contributed by atoms with E-state index in [0.29, 0.717) is 23.5 Å². The highest BCUT2D eigenvalue weighted by Crippen LogP contribution is 2.35. The number of rotatable bonds is 9. The van der Waals surface area contributed by atoms with Crippen LogP contribution < -0.4 is 18.9 Å². The first kappa shape index (κ1) is 22.1. The summed E-state index contributed by atoms with van der Waals surface area (Å²) >= 11 is 0. The fraction of sp³-hybridized carbons (Fsp3) is 0.292. The smallest absolute Gasteiger partial charge is 0.319 e. The molecule has 1 heterocycles. The molecule has 1 atom stereocenters. The number of aromatic nitrogens is 2. The summed E-state index contributed by atoms with van der Waals surface area (Å²) in [6.45, 7) is 2.12. The van der Waals surface area contributed by atoms with Crippen LogP contribution in [0.15, 0.2) is 48.7 Å². The van der Waals surface area contributed by atoms with E-state index in [9.17, 15) is 4.79 Å². The van der Waals surface area contributed by atoms with Crippen molar-refractivity contribution in [3.8, 4) is 23.4 Å². The van der Waals surface area contributed by atoms with E-state index in [1.165, 1.54) is 33.1 Å². The second-order valence-electron chi connectivity index (χ2n) is 6.99. The van der Waals surface area contributed by atoms with E-state index in [1.807, 2.05) is 24.3 Å². The Morgan fingerprint density at radius 2 is 1.58 bits per heavy atom. The van der Waals surface area contributed by atoms with Crippen molar-refractivity contribution in [2.75, 3.05) is 28.4 Å². The third kappa shape index (κ3) is 4.77. The van der Waals surface area contributed by atoms with Crippen molar-refractivity contribution in [3.05, 3.63) is 70.9 Å². The SMILES string of the molecule is COc1ncc(C(=O)c2cc(OC)c(OC)cc2CC(C)c2ccccc2)c(OC)n1. The number of ether oxygens (including phenoxy) is 4. The summed E-state index contributed by atoms with van der Waals surface area (Å²) in [6, 6.07) is 13.8. The molecule has 3 rings (SSSR count). The second-order valence-corrected chi connectivity index (χ2v) is 6.99. The van der Waals surface area contributed by atoms with Gasteiger partial charge in [0, 0.05) is 11.8 Å². The summed E-state index contributed by atoms with van der Waals surface area (Å²) in [6.07, 6.45) is 2.04. The van der Waals surface area contributed by atoms with E-state index >= 15 is 0 Å². The van der Waals surface area contributed by atoms with Gasteiger partial charge in [0.05, 0.1) is 28.4 Å². The van der Waals surface area contributed by atoms with Gasteiger partial charge in [-0.2, -0.15) is 4.98 Å². The van der Waals surface area contributed by atoms with Crippen LogP contribution in [0.2, 0.25) is 0 Å². The number of benzene rings is 2. The number of hydrogen-bond donors (Lipinski definition) is 0. The van der Waals surface area contributed by atoms with Gasteiger partial charge in [-0.05, 0) is 35.6 Å². The first-order valence-electron chi connectivity index (χ1n) is 9.81. The molecule has 0 aliphatic carbocycles. The molecular formula is C24H26N2O5. The molecule has 31 heavy (non-hydrogen) atoms. The maximum absolute atomic E-state index is 13.5. The van der Waals surface area contributed by atoms with Gasteiger partial charge in [0.25, 0.3) is 0 Å². The van der Waals surface area contributed by atoms with Gasteiger partial charge < -0.3 is 18.9 Å². The largest absolute Gasteiger partial charge is 0.493 e.